The predicted molar refractivity (Wildman–Crippen MR) is 116 cm³/mol. The molecular formula is C26H26FNO2. The molecule has 3 aromatic carbocycles. The molecule has 1 fully saturated rings. The minimum absolute atomic E-state index is 0.147. The molecule has 3 aromatic rings. The summed E-state index contributed by atoms with van der Waals surface area (Å²) in [5, 5.41) is 3.24. The van der Waals surface area contributed by atoms with E-state index >= 15 is 0 Å². The monoisotopic (exact) mass is 403 g/mol. The standard InChI is InChI=1S/C26H26FNO2/c1-17-6-4-8-21(12-17)26(10-11-26)28-25(29)23-16-20(18(2)13-24(23)30-3)14-19-7-5-9-22(27)15-19/h4-9,12-13,15-16H,10-11,14H2,1-3H3,(H,28,29). The summed E-state index contributed by atoms with van der Waals surface area (Å²) < 4.78 is 19.1. The summed E-state index contributed by atoms with van der Waals surface area (Å²) in [4.78, 5) is 13.3. The van der Waals surface area contributed by atoms with Crippen molar-refractivity contribution in [3.63, 3.8) is 0 Å². The second kappa shape index (κ2) is 7.94. The third-order valence-corrected chi connectivity index (χ3v) is 5.86. The lowest BCUT2D eigenvalue weighted by atomic mass is 9.96. The highest BCUT2D eigenvalue weighted by molar-refractivity contribution is 5.98. The summed E-state index contributed by atoms with van der Waals surface area (Å²) in [5.74, 6) is 0.143. The summed E-state index contributed by atoms with van der Waals surface area (Å²) in [6, 6.07) is 18.6. The number of rotatable bonds is 6. The predicted octanol–water partition coefficient (Wildman–Crippen LogP) is 5.46. The third kappa shape index (κ3) is 4.09. The SMILES string of the molecule is COc1cc(C)c(Cc2cccc(F)c2)cc1C(=O)NC1(c2cccc(C)c2)CC1. The molecule has 4 rings (SSSR count). The van der Waals surface area contributed by atoms with Gasteiger partial charge in [-0.1, -0.05) is 42.0 Å². The van der Waals surface area contributed by atoms with Crippen molar-refractivity contribution in [3.05, 3.63) is 99.9 Å². The van der Waals surface area contributed by atoms with E-state index in [1.165, 1.54) is 17.7 Å². The second-order valence-corrected chi connectivity index (χ2v) is 8.19. The van der Waals surface area contributed by atoms with Crippen LogP contribution >= 0.6 is 0 Å². The number of carbonyl (C=O) groups is 1. The first-order valence-electron chi connectivity index (χ1n) is 10.2. The van der Waals surface area contributed by atoms with Crippen LogP contribution in [-0.4, -0.2) is 13.0 Å². The van der Waals surface area contributed by atoms with Crippen LogP contribution in [0.3, 0.4) is 0 Å². The Hall–Kier alpha value is -3.14. The normalized spacial score (nSPS) is 14.3. The van der Waals surface area contributed by atoms with Gasteiger partial charge in [0.25, 0.3) is 5.91 Å². The van der Waals surface area contributed by atoms with E-state index < -0.39 is 0 Å². The molecule has 0 heterocycles. The van der Waals surface area contributed by atoms with Crippen LogP contribution in [-0.2, 0) is 12.0 Å². The number of halogens is 1. The zero-order valence-corrected chi connectivity index (χ0v) is 17.6. The van der Waals surface area contributed by atoms with Gasteiger partial charge in [0.1, 0.15) is 11.6 Å². The van der Waals surface area contributed by atoms with Crippen molar-refractivity contribution in [2.75, 3.05) is 7.11 Å². The number of aryl methyl sites for hydroxylation is 2. The number of benzene rings is 3. The van der Waals surface area contributed by atoms with Crippen molar-refractivity contribution in [1.29, 1.82) is 0 Å². The number of carbonyl (C=O) groups excluding carboxylic acids is 1. The maximum Gasteiger partial charge on any atom is 0.255 e. The van der Waals surface area contributed by atoms with Gasteiger partial charge in [0.2, 0.25) is 0 Å². The zero-order valence-electron chi connectivity index (χ0n) is 17.6. The summed E-state index contributed by atoms with van der Waals surface area (Å²) in [7, 11) is 1.57. The Balaban J connectivity index is 1.63. The largest absolute Gasteiger partial charge is 0.496 e. The molecule has 0 unspecified atom stereocenters. The topological polar surface area (TPSA) is 38.3 Å². The van der Waals surface area contributed by atoms with Crippen molar-refractivity contribution < 1.29 is 13.9 Å². The van der Waals surface area contributed by atoms with E-state index in [1.54, 1.807) is 13.2 Å². The van der Waals surface area contributed by atoms with Gasteiger partial charge in [-0.15, -0.1) is 0 Å². The highest BCUT2D eigenvalue weighted by atomic mass is 19.1. The number of nitrogens with one attached hydrogen (secondary N) is 1. The summed E-state index contributed by atoms with van der Waals surface area (Å²) in [6.07, 6.45) is 2.40. The molecule has 154 valence electrons. The number of ether oxygens (including phenoxy) is 1. The molecule has 1 N–H and O–H groups in total. The number of methoxy groups -OCH3 is 1. The summed E-state index contributed by atoms with van der Waals surface area (Å²) in [6.45, 7) is 4.04. The average Bonchev–Trinajstić information content (AvgIpc) is 3.50. The maximum atomic E-state index is 13.6. The minimum atomic E-state index is -0.304. The molecule has 0 saturated heterocycles. The lowest BCUT2D eigenvalue weighted by Crippen LogP contribution is -2.35. The molecule has 0 aliphatic heterocycles. The van der Waals surface area contributed by atoms with Crippen LogP contribution in [0, 0.1) is 19.7 Å². The highest BCUT2D eigenvalue weighted by Crippen LogP contribution is 2.46. The number of hydrogen-bond donors (Lipinski definition) is 1. The van der Waals surface area contributed by atoms with Crippen molar-refractivity contribution in [2.45, 2.75) is 38.6 Å². The quantitative estimate of drug-likeness (QED) is 0.593. The van der Waals surface area contributed by atoms with E-state index in [2.05, 4.69) is 30.4 Å². The molecular weight excluding hydrogens is 377 g/mol. The van der Waals surface area contributed by atoms with Gasteiger partial charge in [0.05, 0.1) is 18.2 Å². The van der Waals surface area contributed by atoms with Crippen molar-refractivity contribution in [1.82, 2.24) is 5.32 Å². The molecule has 0 atom stereocenters. The first-order chi connectivity index (χ1) is 14.4. The molecule has 0 radical (unpaired) electrons. The first-order valence-corrected chi connectivity index (χ1v) is 10.2. The van der Waals surface area contributed by atoms with E-state index in [1.807, 2.05) is 31.2 Å². The minimum Gasteiger partial charge on any atom is -0.496 e. The molecule has 30 heavy (non-hydrogen) atoms. The molecule has 4 heteroatoms. The van der Waals surface area contributed by atoms with Gasteiger partial charge >= 0.3 is 0 Å². The maximum absolute atomic E-state index is 13.6. The fourth-order valence-corrected chi connectivity index (χ4v) is 3.97. The summed E-state index contributed by atoms with van der Waals surface area (Å²) >= 11 is 0. The van der Waals surface area contributed by atoms with Crippen LogP contribution < -0.4 is 10.1 Å². The van der Waals surface area contributed by atoms with Crippen LogP contribution in [0.25, 0.3) is 0 Å². The van der Waals surface area contributed by atoms with E-state index in [0.717, 1.165) is 35.1 Å². The number of amides is 1. The van der Waals surface area contributed by atoms with Crippen molar-refractivity contribution in [3.8, 4) is 5.75 Å². The molecule has 1 aliphatic carbocycles. The van der Waals surface area contributed by atoms with E-state index in [9.17, 15) is 9.18 Å². The Morgan fingerprint density at radius 1 is 1.07 bits per heavy atom. The van der Waals surface area contributed by atoms with Crippen molar-refractivity contribution >= 4 is 5.91 Å². The molecule has 0 bridgehead atoms. The van der Waals surface area contributed by atoms with Crippen LogP contribution in [0.2, 0.25) is 0 Å². The van der Waals surface area contributed by atoms with Crippen LogP contribution in [0.5, 0.6) is 5.75 Å². The van der Waals surface area contributed by atoms with E-state index in [-0.39, 0.29) is 17.3 Å². The first kappa shape index (κ1) is 20.1. The molecule has 1 amide bonds. The molecule has 1 aliphatic rings. The molecule has 1 saturated carbocycles. The lowest BCUT2D eigenvalue weighted by molar-refractivity contribution is 0.0927. The van der Waals surface area contributed by atoms with Gasteiger partial charge in [0.15, 0.2) is 0 Å². The Morgan fingerprint density at radius 2 is 1.83 bits per heavy atom. The molecule has 0 spiro atoms. The zero-order chi connectivity index (χ0) is 21.3. The number of hydrogen-bond acceptors (Lipinski definition) is 2. The highest BCUT2D eigenvalue weighted by Gasteiger charge is 2.46. The Bertz CT molecular complexity index is 1100. The fraction of sp³-hybridized carbons (Fsp3) is 0.269. The van der Waals surface area contributed by atoms with Gasteiger partial charge in [0, 0.05) is 0 Å². The van der Waals surface area contributed by atoms with Gasteiger partial charge in [-0.3, -0.25) is 4.79 Å². The van der Waals surface area contributed by atoms with Gasteiger partial charge in [-0.05, 0) is 79.6 Å². The smallest absolute Gasteiger partial charge is 0.255 e. The van der Waals surface area contributed by atoms with Crippen LogP contribution in [0.15, 0.2) is 60.7 Å². The molecule has 0 aromatic heterocycles. The Kier molecular flexibility index (Phi) is 5.33. The van der Waals surface area contributed by atoms with Gasteiger partial charge in [-0.25, -0.2) is 4.39 Å². The fourth-order valence-electron chi connectivity index (χ4n) is 3.97. The second-order valence-electron chi connectivity index (χ2n) is 8.19. The van der Waals surface area contributed by atoms with Crippen molar-refractivity contribution in [2.24, 2.45) is 0 Å². The van der Waals surface area contributed by atoms with Gasteiger partial charge in [-0.2, -0.15) is 0 Å². The van der Waals surface area contributed by atoms with Gasteiger partial charge < -0.3 is 10.1 Å². The van der Waals surface area contributed by atoms with E-state index in [0.29, 0.717) is 17.7 Å². The van der Waals surface area contributed by atoms with E-state index in [4.69, 9.17) is 4.74 Å². The Morgan fingerprint density at radius 3 is 2.50 bits per heavy atom. The third-order valence-electron chi connectivity index (χ3n) is 5.86. The lowest BCUT2D eigenvalue weighted by Gasteiger charge is -2.20. The Labute approximate surface area is 176 Å². The van der Waals surface area contributed by atoms with Crippen LogP contribution in [0.4, 0.5) is 4.39 Å². The summed E-state index contributed by atoms with van der Waals surface area (Å²) in [5.41, 5.74) is 5.38. The van der Waals surface area contributed by atoms with Crippen LogP contribution in [0.1, 0.15) is 51.0 Å². The molecule has 3 nitrogen and oxygen atoms in total. The average molecular weight is 403 g/mol.